The molecule has 6 heteroatoms. The fraction of sp³-hybridized carbons (Fsp3) is 0.375. The van der Waals surface area contributed by atoms with Crippen molar-refractivity contribution in [1.29, 1.82) is 0 Å². The van der Waals surface area contributed by atoms with Crippen molar-refractivity contribution in [3.8, 4) is 12.3 Å². The maximum atomic E-state index is 12.4. The molecule has 22 heavy (non-hydrogen) atoms. The van der Waals surface area contributed by atoms with Gasteiger partial charge in [-0.05, 0) is 18.2 Å². The first-order valence-corrected chi connectivity index (χ1v) is 7.45. The fourth-order valence-corrected chi connectivity index (χ4v) is 2.51. The molecule has 116 valence electrons. The van der Waals surface area contributed by atoms with Crippen LogP contribution in [0.3, 0.4) is 0 Å². The smallest absolute Gasteiger partial charge is 0.253 e. The minimum Gasteiger partial charge on any atom is -0.344 e. The first-order chi connectivity index (χ1) is 10.6. The van der Waals surface area contributed by atoms with Gasteiger partial charge in [0.05, 0.1) is 13.1 Å². The minimum absolute atomic E-state index is 0.0288. The lowest BCUT2D eigenvalue weighted by Crippen LogP contribution is -2.51. The van der Waals surface area contributed by atoms with Crippen molar-refractivity contribution < 1.29 is 9.59 Å². The number of rotatable bonds is 4. The number of nitrogens with one attached hydrogen (secondary N) is 1. The molecule has 1 heterocycles. The highest BCUT2D eigenvalue weighted by atomic mass is 35.5. The zero-order chi connectivity index (χ0) is 15.9. The molecule has 1 aromatic carbocycles. The summed E-state index contributed by atoms with van der Waals surface area (Å²) in [7, 11) is 0. The third kappa shape index (κ3) is 4.48. The maximum Gasteiger partial charge on any atom is 0.253 e. The molecule has 2 amide bonds. The highest BCUT2D eigenvalue weighted by Gasteiger charge is 2.23. The first kappa shape index (κ1) is 16.3. The molecule has 0 unspecified atom stereocenters. The lowest BCUT2D eigenvalue weighted by atomic mass is 10.2. The van der Waals surface area contributed by atoms with E-state index in [1.54, 1.807) is 29.2 Å². The van der Waals surface area contributed by atoms with Crippen LogP contribution in [0.2, 0.25) is 5.02 Å². The Bertz CT molecular complexity index is 589. The Labute approximate surface area is 135 Å². The van der Waals surface area contributed by atoms with Gasteiger partial charge in [0, 0.05) is 36.8 Å². The van der Waals surface area contributed by atoms with Gasteiger partial charge in [-0.1, -0.05) is 23.6 Å². The van der Waals surface area contributed by atoms with E-state index >= 15 is 0 Å². The summed E-state index contributed by atoms with van der Waals surface area (Å²) < 4.78 is 0. The van der Waals surface area contributed by atoms with Gasteiger partial charge in [0.2, 0.25) is 5.91 Å². The quantitative estimate of drug-likeness (QED) is 0.837. The fourth-order valence-electron chi connectivity index (χ4n) is 2.32. The number of piperazine rings is 1. The predicted molar refractivity (Wildman–Crippen MR) is 85.6 cm³/mol. The average Bonchev–Trinajstić information content (AvgIpc) is 2.53. The molecule has 0 saturated carbocycles. The standard InChI is InChI=1S/C16H18ClN3O2/c1-2-6-18-15(21)12-19-7-9-20(10-8-19)16(22)13-4-3-5-14(17)11-13/h1,3-5,11H,6-10,12H2,(H,18,21). The number of carbonyl (C=O) groups excluding carboxylic acids is 2. The van der Waals surface area contributed by atoms with Crippen molar-refractivity contribution in [1.82, 2.24) is 15.1 Å². The molecule has 1 aromatic rings. The van der Waals surface area contributed by atoms with Gasteiger partial charge in [0.15, 0.2) is 0 Å². The Morgan fingerprint density at radius 1 is 1.27 bits per heavy atom. The van der Waals surface area contributed by atoms with Crippen LogP contribution in [-0.2, 0) is 4.79 Å². The second-order valence-corrected chi connectivity index (χ2v) is 5.50. The van der Waals surface area contributed by atoms with Crippen molar-refractivity contribution in [3.05, 3.63) is 34.9 Å². The van der Waals surface area contributed by atoms with Gasteiger partial charge in [-0.25, -0.2) is 0 Å². The third-order valence-electron chi connectivity index (χ3n) is 3.49. The van der Waals surface area contributed by atoms with Crippen molar-refractivity contribution in [2.45, 2.75) is 0 Å². The van der Waals surface area contributed by atoms with Crippen LogP contribution in [0.1, 0.15) is 10.4 Å². The van der Waals surface area contributed by atoms with E-state index in [0.717, 1.165) is 0 Å². The van der Waals surface area contributed by atoms with Crippen LogP contribution in [0.5, 0.6) is 0 Å². The molecule has 0 radical (unpaired) electrons. The van der Waals surface area contributed by atoms with Crippen LogP contribution in [0.4, 0.5) is 0 Å². The number of carbonyl (C=O) groups is 2. The van der Waals surface area contributed by atoms with Crippen molar-refractivity contribution in [2.75, 3.05) is 39.3 Å². The van der Waals surface area contributed by atoms with Crippen LogP contribution in [0.15, 0.2) is 24.3 Å². The number of amides is 2. The molecule has 0 bridgehead atoms. The second kappa shape index (κ2) is 7.83. The summed E-state index contributed by atoms with van der Waals surface area (Å²) >= 11 is 5.91. The molecule has 1 saturated heterocycles. The van der Waals surface area contributed by atoms with E-state index in [1.165, 1.54) is 0 Å². The summed E-state index contributed by atoms with van der Waals surface area (Å²) in [6.45, 7) is 3.06. The topological polar surface area (TPSA) is 52.7 Å². The zero-order valence-electron chi connectivity index (χ0n) is 12.2. The Hall–Kier alpha value is -2.03. The van der Waals surface area contributed by atoms with Crippen molar-refractivity contribution >= 4 is 23.4 Å². The SMILES string of the molecule is C#CCNC(=O)CN1CCN(C(=O)c2cccc(Cl)c2)CC1. The van der Waals surface area contributed by atoms with Crippen molar-refractivity contribution in [2.24, 2.45) is 0 Å². The zero-order valence-corrected chi connectivity index (χ0v) is 13.0. The summed E-state index contributed by atoms with van der Waals surface area (Å²) in [5.74, 6) is 2.25. The molecule has 1 fully saturated rings. The summed E-state index contributed by atoms with van der Waals surface area (Å²) in [6.07, 6.45) is 5.10. The molecule has 5 nitrogen and oxygen atoms in total. The van der Waals surface area contributed by atoms with Gasteiger partial charge in [0.1, 0.15) is 0 Å². The van der Waals surface area contributed by atoms with Gasteiger partial charge in [-0.2, -0.15) is 0 Å². The van der Waals surface area contributed by atoms with E-state index in [-0.39, 0.29) is 18.4 Å². The lowest BCUT2D eigenvalue weighted by molar-refractivity contribution is -0.122. The van der Waals surface area contributed by atoms with E-state index in [9.17, 15) is 9.59 Å². The molecule has 0 aromatic heterocycles. The summed E-state index contributed by atoms with van der Waals surface area (Å²) in [4.78, 5) is 27.8. The minimum atomic E-state index is -0.0902. The maximum absolute atomic E-state index is 12.4. The van der Waals surface area contributed by atoms with Crippen LogP contribution < -0.4 is 5.32 Å². The van der Waals surface area contributed by atoms with Gasteiger partial charge >= 0.3 is 0 Å². The predicted octanol–water partition coefficient (Wildman–Crippen LogP) is 0.847. The molecule has 1 N–H and O–H groups in total. The largest absolute Gasteiger partial charge is 0.344 e. The second-order valence-electron chi connectivity index (χ2n) is 5.06. The normalized spacial score (nSPS) is 15.2. The first-order valence-electron chi connectivity index (χ1n) is 7.07. The van der Waals surface area contributed by atoms with E-state index in [4.69, 9.17) is 18.0 Å². The number of hydrogen-bond donors (Lipinski definition) is 1. The van der Waals surface area contributed by atoms with Crippen LogP contribution in [-0.4, -0.2) is 60.9 Å². The molecular formula is C16H18ClN3O2. The Morgan fingerprint density at radius 2 is 2.00 bits per heavy atom. The number of benzene rings is 1. The highest BCUT2D eigenvalue weighted by molar-refractivity contribution is 6.30. The summed E-state index contributed by atoms with van der Waals surface area (Å²) in [6, 6.07) is 6.93. The molecule has 0 spiro atoms. The Kier molecular flexibility index (Phi) is 5.82. The molecule has 1 aliphatic heterocycles. The van der Waals surface area contributed by atoms with E-state index in [2.05, 4.69) is 11.2 Å². The summed E-state index contributed by atoms with van der Waals surface area (Å²) in [5, 5.41) is 3.18. The monoisotopic (exact) mass is 319 g/mol. The van der Waals surface area contributed by atoms with Crippen LogP contribution in [0.25, 0.3) is 0 Å². The van der Waals surface area contributed by atoms with Gasteiger partial charge in [-0.15, -0.1) is 6.42 Å². The third-order valence-corrected chi connectivity index (χ3v) is 3.72. The van der Waals surface area contributed by atoms with E-state index in [1.807, 2.05) is 4.90 Å². The van der Waals surface area contributed by atoms with Gasteiger partial charge in [-0.3, -0.25) is 14.5 Å². The van der Waals surface area contributed by atoms with E-state index < -0.39 is 0 Å². The Balaban J connectivity index is 1.83. The average molecular weight is 320 g/mol. The van der Waals surface area contributed by atoms with Crippen molar-refractivity contribution in [3.63, 3.8) is 0 Å². The van der Waals surface area contributed by atoms with Crippen LogP contribution >= 0.6 is 11.6 Å². The number of hydrogen-bond acceptors (Lipinski definition) is 3. The van der Waals surface area contributed by atoms with E-state index in [0.29, 0.717) is 43.3 Å². The van der Waals surface area contributed by atoms with Gasteiger partial charge in [0.25, 0.3) is 5.91 Å². The molecule has 0 atom stereocenters. The van der Waals surface area contributed by atoms with Crippen LogP contribution in [0, 0.1) is 12.3 Å². The number of terminal acetylenes is 1. The Morgan fingerprint density at radius 3 is 2.64 bits per heavy atom. The summed E-state index contributed by atoms with van der Waals surface area (Å²) in [5.41, 5.74) is 0.590. The highest BCUT2D eigenvalue weighted by Crippen LogP contribution is 2.14. The molecule has 2 rings (SSSR count). The lowest BCUT2D eigenvalue weighted by Gasteiger charge is -2.34. The molecular weight excluding hydrogens is 302 g/mol. The van der Waals surface area contributed by atoms with Gasteiger partial charge < -0.3 is 10.2 Å². The number of nitrogens with zero attached hydrogens (tertiary/aromatic N) is 2. The number of halogens is 1. The molecule has 1 aliphatic rings. The molecule has 0 aliphatic carbocycles.